The van der Waals surface area contributed by atoms with Gasteiger partial charge in [-0.05, 0) is 38.8 Å². The fraction of sp³-hybridized carbons (Fsp3) is 1.00. The Labute approximate surface area is 91.8 Å². The van der Waals surface area contributed by atoms with Crippen LogP contribution >= 0.6 is 11.8 Å². The summed E-state index contributed by atoms with van der Waals surface area (Å²) in [5, 5.41) is 3.51. The lowest BCUT2D eigenvalue weighted by molar-refractivity contribution is 0.179. The van der Waals surface area contributed by atoms with Crippen molar-refractivity contribution in [3.05, 3.63) is 0 Å². The summed E-state index contributed by atoms with van der Waals surface area (Å²) in [6.07, 6.45) is 2.81. The van der Waals surface area contributed by atoms with Crippen LogP contribution in [0.4, 0.5) is 0 Å². The molecule has 0 aromatic rings. The number of nitrogens with one attached hydrogen (secondary N) is 1. The second kappa shape index (κ2) is 5.38. The van der Waals surface area contributed by atoms with Crippen LogP contribution < -0.4 is 5.32 Å². The van der Waals surface area contributed by atoms with Gasteiger partial charge in [-0.2, -0.15) is 11.8 Å². The van der Waals surface area contributed by atoms with Gasteiger partial charge in [-0.1, -0.05) is 0 Å². The summed E-state index contributed by atoms with van der Waals surface area (Å²) in [4.78, 5) is 2.69. The first kappa shape index (κ1) is 10.8. The van der Waals surface area contributed by atoms with Crippen molar-refractivity contribution >= 4 is 11.8 Å². The molecule has 2 aliphatic rings. The number of rotatable bonds is 2. The predicted octanol–water partition coefficient (Wildman–Crippen LogP) is 1.42. The van der Waals surface area contributed by atoms with Gasteiger partial charge in [-0.25, -0.2) is 0 Å². The van der Waals surface area contributed by atoms with E-state index < -0.39 is 0 Å². The quantitative estimate of drug-likeness (QED) is 0.748. The van der Waals surface area contributed by atoms with E-state index >= 15 is 0 Å². The van der Waals surface area contributed by atoms with E-state index in [4.69, 9.17) is 0 Å². The summed E-state index contributed by atoms with van der Waals surface area (Å²) in [6.45, 7) is 7.50. The first-order chi connectivity index (χ1) is 6.86. The molecule has 2 heterocycles. The Morgan fingerprint density at radius 3 is 3.14 bits per heavy atom. The molecule has 0 radical (unpaired) electrons. The van der Waals surface area contributed by atoms with Crippen LogP contribution in [0, 0.1) is 5.92 Å². The van der Waals surface area contributed by atoms with Crippen LogP contribution in [0.1, 0.15) is 19.8 Å². The number of hydrogen-bond acceptors (Lipinski definition) is 3. The summed E-state index contributed by atoms with van der Waals surface area (Å²) in [7, 11) is 0. The fourth-order valence-corrected chi connectivity index (χ4v) is 3.53. The van der Waals surface area contributed by atoms with Gasteiger partial charge in [0.15, 0.2) is 0 Å². The molecule has 0 aromatic heterocycles. The predicted molar refractivity (Wildman–Crippen MR) is 64.0 cm³/mol. The molecule has 2 rings (SSSR count). The third-order valence-corrected chi connectivity index (χ3v) is 4.59. The second-order valence-electron chi connectivity index (χ2n) is 4.63. The van der Waals surface area contributed by atoms with Crippen molar-refractivity contribution in [2.75, 3.05) is 37.7 Å². The fourth-order valence-electron chi connectivity index (χ4n) is 2.44. The lowest BCUT2D eigenvalue weighted by Gasteiger charge is -2.36. The lowest BCUT2D eigenvalue weighted by atomic mass is 9.98. The standard InChI is InChI=1S/C11H22N2S/c1-10-9-14-6-5-13(10)8-11-3-2-4-12-7-11/h10-12H,2-9H2,1H3/t10?,11-/m1/s1. The van der Waals surface area contributed by atoms with Crippen molar-refractivity contribution in [1.29, 1.82) is 0 Å². The zero-order valence-electron chi connectivity index (χ0n) is 9.17. The average Bonchev–Trinajstić information content (AvgIpc) is 2.23. The highest BCUT2D eigenvalue weighted by Crippen LogP contribution is 2.19. The van der Waals surface area contributed by atoms with Gasteiger partial charge in [0.2, 0.25) is 0 Å². The number of hydrogen-bond donors (Lipinski definition) is 1. The van der Waals surface area contributed by atoms with E-state index in [0.717, 1.165) is 12.0 Å². The molecule has 3 heteroatoms. The van der Waals surface area contributed by atoms with Gasteiger partial charge in [-0.3, -0.25) is 4.90 Å². The van der Waals surface area contributed by atoms with Crippen LogP contribution in [0.2, 0.25) is 0 Å². The maximum atomic E-state index is 3.51. The van der Waals surface area contributed by atoms with Gasteiger partial charge in [0.05, 0.1) is 0 Å². The Morgan fingerprint density at radius 1 is 1.50 bits per heavy atom. The van der Waals surface area contributed by atoms with Crippen molar-refractivity contribution in [3.8, 4) is 0 Å². The minimum absolute atomic E-state index is 0.802. The van der Waals surface area contributed by atoms with Crippen LogP contribution in [0.3, 0.4) is 0 Å². The SMILES string of the molecule is CC1CSCCN1C[C@@H]1CCCNC1. The van der Waals surface area contributed by atoms with Crippen molar-refractivity contribution in [2.24, 2.45) is 5.92 Å². The van der Waals surface area contributed by atoms with E-state index in [9.17, 15) is 0 Å². The van der Waals surface area contributed by atoms with E-state index in [-0.39, 0.29) is 0 Å². The van der Waals surface area contributed by atoms with Gasteiger partial charge >= 0.3 is 0 Å². The first-order valence-corrected chi connectivity index (χ1v) is 7.04. The van der Waals surface area contributed by atoms with Crippen molar-refractivity contribution in [1.82, 2.24) is 10.2 Å². The monoisotopic (exact) mass is 214 g/mol. The maximum absolute atomic E-state index is 3.51. The van der Waals surface area contributed by atoms with Crippen molar-refractivity contribution in [2.45, 2.75) is 25.8 Å². The minimum atomic E-state index is 0.802. The molecule has 0 bridgehead atoms. The highest BCUT2D eigenvalue weighted by molar-refractivity contribution is 7.99. The Morgan fingerprint density at radius 2 is 2.43 bits per heavy atom. The van der Waals surface area contributed by atoms with Gasteiger partial charge in [0.25, 0.3) is 0 Å². The molecule has 0 amide bonds. The van der Waals surface area contributed by atoms with Gasteiger partial charge < -0.3 is 5.32 Å². The summed E-state index contributed by atoms with van der Waals surface area (Å²) in [5.74, 6) is 3.58. The molecule has 0 aliphatic carbocycles. The Hall–Kier alpha value is 0.270. The minimum Gasteiger partial charge on any atom is -0.316 e. The molecular formula is C11H22N2S. The van der Waals surface area contributed by atoms with E-state index in [2.05, 4.69) is 28.9 Å². The van der Waals surface area contributed by atoms with E-state index in [1.807, 2.05) is 0 Å². The molecule has 0 saturated carbocycles. The van der Waals surface area contributed by atoms with E-state index in [1.165, 1.54) is 50.5 Å². The summed E-state index contributed by atoms with van der Waals surface area (Å²) < 4.78 is 0. The number of thioether (sulfide) groups is 1. The zero-order chi connectivity index (χ0) is 9.80. The number of piperidine rings is 1. The van der Waals surface area contributed by atoms with Gasteiger partial charge in [0, 0.05) is 30.6 Å². The molecule has 2 nitrogen and oxygen atoms in total. The van der Waals surface area contributed by atoms with Crippen LogP contribution in [0.5, 0.6) is 0 Å². The highest BCUT2D eigenvalue weighted by atomic mass is 32.2. The van der Waals surface area contributed by atoms with E-state index in [1.54, 1.807) is 0 Å². The molecule has 0 aromatic carbocycles. The summed E-state index contributed by atoms with van der Waals surface area (Å²) >= 11 is 2.11. The molecule has 2 fully saturated rings. The van der Waals surface area contributed by atoms with Crippen LogP contribution in [-0.2, 0) is 0 Å². The molecule has 2 saturated heterocycles. The summed E-state index contributed by atoms with van der Waals surface area (Å²) in [5.41, 5.74) is 0. The van der Waals surface area contributed by atoms with Gasteiger partial charge in [0.1, 0.15) is 0 Å². The Kier molecular flexibility index (Phi) is 4.14. The van der Waals surface area contributed by atoms with Crippen LogP contribution in [0.15, 0.2) is 0 Å². The zero-order valence-corrected chi connectivity index (χ0v) is 9.98. The summed E-state index contributed by atoms with van der Waals surface area (Å²) in [6, 6.07) is 0.802. The molecule has 0 spiro atoms. The largest absolute Gasteiger partial charge is 0.316 e. The molecule has 2 aliphatic heterocycles. The number of nitrogens with zero attached hydrogens (tertiary/aromatic N) is 1. The topological polar surface area (TPSA) is 15.3 Å². The van der Waals surface area contributed by atoms with E-state index in [0.29, 0.717) is 0 Å². The molecule has 1 N–H and O–H groups in total. The highest BCUT2D eigenvalue weighted by Gasteiger charge is 2.22. The molecule has 82 valence electrons. The maximum Gasteiger partial charge on any atom is 0.0158 e. The molecular weight excluding hydrogens is 192 g/mol. The smallest absolute Gasteiger partial charge is 0.0158 e. The van der Waals surface area contributed by atoms with Crippen molar-refractivity contribution < 1.29 is 0 Å². The molecule has 14 heavy (non-hydrogen) atoms. The Bertz CT molecular complexity index is 169. The lowest BCUT2D eigenvalue weighted by Crippen LogP contribution is -2.45. The molecule has 1 unspecified atom stereocenters. The second-order valence-corrected chi connectivity index (χ2v) is 5.78. The van der Waals surface area contributed by atoms with Crippen LogP contribution in [-0.4, -0.2) is 48.6 Å². The third-order valence-electron chi connectivity index (χ3n) is 3.40. The van der Waals surface area contributed by atoms with Crippen molar-refractivity contribution in [3.63, 3.8) is 0 Å². The Balaban J connectivity index is 1.76. The molecule has 2 atom stereocenters. The first-order valence-electron chi connectivity index (χ1n) is 5.89. The van der Waals surface area contributed by atoms with Gasteiger partial charge in [-0.15, -0.1) is 0 Å². The normalized spacial score (nSPS) is 35.8. The third kappa shape index (κ3) is 2.88. The van der Waals surface area contributed by atoms with Crippen LogP contribution in [0.25, 0.3) is 0 Å². The average molecular weight is 214 g/mol.